The summed E-state index contributed by atoms with van der Waals surface area (Å²) >= 11 is 5.03. The number of nitrogens with one attached hydrogen (secondary N) is 1. The summed E-state index contributed by atoms with van der Waals surface area (Å²) in [6.07, 6.45) is 2.68. The van der Waals surface area contributed by atoms with Gasteiger partial charge in [0.1, 0.15) is 10.8 Å². The van der Waals surface area contributed by atoms with Gasteiger partial charge in [0.15, 0.2) is 0 Å². The number of hydrogen-bond donors (Lipinski definition) is 1. The highest BCUT2D eigenvalue weighted by Crippen LogP contribution is 2.18. The van der Waals surface area contributed by atoms with E-state index in [0.29, 0.717) is 0 Å². The van der Waals surface area contributed by atoms with Crippen LogP contribution in [-0.2, 0) is 13.0 Å². The highest BCUT2D eigenvalue weighted by Gasteiger charge is 2.01. The zero-order chi connectivity index (χ0) is 11.4. The Morgan fingerprint density at radius 1 is 1.56 bits per heavy atom. The minimum atomic E-state index is 0.795. The quantitative estimate of drug-likeness (QED) is 0.862. The van der Waals surface area contributed by atoms with Crippen LogP contribution in [0.5, 0.6) is 0 Å². The fourth-order valence-electron chi connectivity index (χ4n) is 1.31. The van der Waals surface area contributed by atoms with Crippen LogP contribution in [0.1, 0.15) is 16.5 Å². The molecular weight excluding hydrogens is 290 g/mol. The van der Waals surface area contributed by atoms with Crippen LogP contribution in [0.4, 0.5) is 0 Å². The lowest BCUT2D eigenvalue weighted by Gasteiger charge is -1.99. The zero-order valence-corrected chi connectivity index (χ0v) is 11.3. The molecule has 0 spiro atoms. The molecule has 0 aliphatic rings. The van der Waals surface area contributed by atoms with Crippen LogP contribution in [0.3, 0.4) is 0 Å². The van der Waals surface area contributed by atoms with Crippen molar-refractivity contribution in [1.29, 1.82) is 0 Å². The van der Waals surface area contributed by atoms with Crippen molar-refractivity contribution in [1.82, 2.24) is 15.5 Å². The molecule has 0 radical (unpaired) electrons. The fraction of sp³-hybridized carbons (Fsp3) is 0.400. The lowest BCUT2D eigenvalue weighted by molar-refractivity contribution is 0.377. The number of rotatable bonds is 5. The Morgan fingerprint density at radius 3 is 3.06 bits per heavy atom. The predicted octanol–water partition coefficient (Wildman–Crippen LogP) is 2.53. The van der Waals surface area contributed by atoms with Gasteiger partial charge in [0.2, 0.25) is 0 Å². The molecule has 2 aromatic rings. The first-order valence-corrected chi connectivity index (χ1v) is 6.58. The van der Waals surface area contributed by atoms with Crippen molar-refractivity contribution in [3.63, 3.8) is 0 Å². The Kier molecular flexibility index (Phi) is 4.09. The van der Waals surface area contributed by atoms with Crippen molar-refractivity contribution in [2.24, 2.45) is 0 Å². The van der Waals surface area contributed by atoms with E-state index in [1.54, 1.807) is 11.3 Å². The lowest BCUT2D eigenvalue weighted by atomic mass is 10.3. The first-order valence-electron chi connectivity index (χ1n) is 4.97. The molecule has 86 valence electrons. The summed E-state index contributed by atoms with van der Waals surface area (Å²) in [5.74, 6) is 0.922. The number of hydrogen-bond acceptors (Lipinski definition) is 5. The summed E-state index contributed by atoms with van der Waals surface area (Å²) in [5, 5.41) is 8.23. The van der Waals surface area contributed by atoms with Crippen LogP contribution in [0, 0.1) is 6.92 Å². The van der Waals surface area contributed by atoms with Crippen molar-refractivity contribution in [2.75, 3.05) is 6.54 Å². The summed E-state index contributed by atoms with van der Waals surface area (Å²) in [7, 11) is 0. The zero-order valence-electron chi connectivity index (χ0n) is 8.86. The van der Waals surface area contributed by atoms with Gasteiger partial charge in [-0.05, 0) is 22.9 Å². The molecule has 0 fully saturated rings. The topological polar surface area (TPSA) is 51.0 Å². The number of aryl methyl sites for hydroxylation is 1. The van der Waals surface area contributed by atoms with Crippen molar-refractivity contribution in [3.05, 3.63) is 32.5 Å². The van der Waals surface area contributed by atoms with Gasteiger partial charge in [-0.2, -0.15) is 0 Å². The lowest BCUT2D eigenvalue weighted by Crippen LogP contribution is -2.16. The molecule has 0 saturated carbocycles. The molecule has 2 rings (SSSR count). The fourth-order valence-corrected chi connectivity index (χ4v) is 2.58. The van der Waals surface area contributed by atoms with E-state index in [2.05, 4.69) is 31.4 Å². The molecule has 0 amide bonds. The Hall–Kier alpha value is -0.720. The van der Waals surface area contributed by atoms with E-state index in [9.17, 15) is 0 Å². The van der Waals surface area contributed by atoms with Gasteiger partial charge in [-0.3, -0.25) is 0 Å². The van der Waals surface area contributed by atoms with Crippen LogP contribution >= 0.6 is 27.3 Å². The maximum atomic E-state index is 5.11. The van der Waals surface area contributed by atoms with Gasteiger partial charge in [0, 0.05) is 25.6 Å². The Balaban J connectivity index is 1.69. The molecule has 1 N–H and O–H groups in total. The molecule has 0 unspecified atom stereocenters. The Morgan fingerprint density at radius 2 is 2.44 bits per heavy atom. The van der Waals surface area contributed by atoms with Crippen LogP contribution < -0.4 is 5.32 Å². The van der Waals surface area contributed by atoms with E-state index in [1.807, 2.05) is 19.2 Å². The van der Waals surface area contributed by atoms with Gasteiger partial charge < -0.3 is 9.84 Å². The smallest absolute Gasteiger partial charge is 0.138 e. The van der Waals surface area contributed by atoms with Crippen molar-refractivity contribution < 1.29 is 4.52 Å². The standard InChI is InChI=1S/C10H12BrN3OS/c1-7-4-8(15-14-7)2-3-12-6-10-13-5-9(11)16-10/h4-5,12H,2-3,6H2,1H3. The molecule has 0 aliphatic heterocycles. The van der Waals surface area contributed by atoms with Crippen LogP contribution in [0.15, 0.2) is 20.6 Å². The summed E-state index contributed by atoms with van der Waals surface area (Å²) in [4.78, 5) is 4.24. The third-order valence-corrected chi connectivity index (χ3v) is 3.50. The molecule has 2 aromatic heterocycles. The van der Waals surface area contributed by atoms with Crippen molar-refractivity contribution in [2.45, 2.75) is 19.9 Å². The molecule has 0 aliphatic carbocycles. The third kappa shape index (κ3) is 3.40. The second-order valence-corrected chi connectivity index (χ2v) is 5.91. The molecule has 0 bridgehead atoms. The first kappa shape index (κ1) is 11.8. The SMILES string of the molecule is Cc1cc(CCNCc2ncc(Br)s2)on1. The van der Waals surface area contributed by atoms with Crippen molar-refractivity contribution >= 4 is 27.3 Å². The normalized spacial score (nSPS) is 10.9. The molecule has 0 aromatic carbocycles. The molecule has 6 heteroatoms. The highest BCUT2D eigenvalue weighted by molar-refractivity contribution is 9.11. The molecular formula is C10H12BrN3OS. The molecule has 0 atom stereocenters. The van der Waals surface area contributed by atoms with E-state index in [0.717, 1.165) is 39.8 Å². The Bertz CT molecular complexity index is 412. The van der Waals surface area contributed by atoms with Gasteiger partial charge in [-0.1, -0.05) is 5.16 Å². The van der Waals surface area contributed by atoms with Gasteiger partial charge in [0.05, 0.1) is 15.7 Å². The molecule has 0 saturated heterocycles. The monoisotopic (exact) mass is 301 g/mol. The van der Waals surface area contributed by atoms with Gasteiger partial charge in [-0.25, -0.2) is 4.98 Å². The van der Waals surface area contributed by atoms with Crippen LogP contribution in [0.2, 0.25) is 0 Å². The van der Waals surface area contributed by atoms with Gasteiger partial charge >= 0.3 is 0 Å². The second-order valence-electron chi connectivity index (χ2n) is 3.42. The number of nitrogens with zero attached hydrogens (tertiary/aromatic N) is 2. The van der Waals surface area contributed by atoms with Crippen LogP contribution in [0.25, 0.3) is 0 Å². The van der Waals surface area contributed by atoms with Crippen LogP contribution in [-0.4, -0.2) is 16.7 Å². The summed E-state index contributed by atoms with van der Waals surface area (Å²) < 4.78 is 6.18. The van der Waals surface area contributed by atoms with E-state index >= 15 is 0 Å². The van der Waals surface area contributed by atoms with Gasteiger partial charge in [0.25, 0.3) is 0 Å². The maximum Gasteiger partial charge on any atom is 0.138 e. The predicted molar refractivity (Wildman–Crippen MR) is 66.5 cm³/mol. The van der Waals surface area contributed by atoms with Crippen molar-refractivity contribution in [3.8, 4) is 0 Å². The highest BCUT2D eigenvalue weighted by atomic mass is 79.9. The maximum absolute atomic E-state index is 5.11. The average molecular weight is 302 g/mol. The molecule has 2 heterocycles. The molecule has 16 heavy (non-hydrogen) atoms. The van der Waals surface area contributed by atoms with Gasteiger partial charge in [-0.15, -0.1) is 11.3 Å². The average Bonchev–Trinajstić information content (AvgIpc) is 2.83. The van der Waals surface area contributed by atoms with E-state index in [1.165, 1.54) is 0 Å². The second kappa shape index (κ2) is 5.56. The number of aromatic nitrogens is 2. The summed E-state index contributed by atoms with van der Waals surface area (Å²) in [6, 6.07) is 1.96. The Labute approximate surface area is 106 Å². The number of thiazole rings is 1. The first-order chi connectivity index (χ1) is 7.74. The van der Waals surface area contributed by atoms with E-state index in [4.69, 9.17) is 4.52 Å². The summed E-state index contributed by atoms with van der Waals surface area (Å²) in [5.41, 5.74) is 0.929. The summed E-state index contributed by atoms with van der Waals surface area (Å²) in [6.45, 7) is 3.59. The van der Waals surface area contributed by atoms with E-state index < -0.39 is 0 Å². The number of halogens is 1. The van der Waals surface area contributed by atoms with E-state index in [-0.39, 0.29) is 0 Å². The molecule has 4 nitrogen and oxygen atoms in total. The largest absolute Gasteiger partial charge is 0.361 e. The third-order valence-electron chi connectivity index (χ3n) is 2.03. The minimum absolute atomic E-state index is 0.795. The minimum Gasteiger partial charge on any atom is -0.361 e.